The Bertz CT molecular complexity index is 1320. The van der Waals surface area contributed by atoms with E-state index in [1.807, 2.05) is 54.6 Å². The zero-order valence-corrected chi connectivity index (χ0v) is 18.3. The van der Waals surface area contributed by atoms with E-state index >= 15 is 0 Å². The van der Waals surface area contributed by atoms with Crippen LogP contribution in [-0.2, 0) is 11.3 Å². The molecule has 0 saturated carbocycles. The highest BCUT2D eigenvalue weighted by Crippen LogP contribution is 2.27. The zero-order chi connectivity index (χ0) is 23.8. The molecule has 0 unspecified atom stereocenters. The lowest BCUT2D eigenvalue weighted by Crippen LogP contribution is -2.12. The summed E-state index contributed by atoms with van der Waals surface area (Å²) in [6.45, 7) is 2.27. The van der Waals surface area contributed by atoms with Crippen LogP contribution in [0.2, 0.25) is 0 Å². The number of esters is 1. The van der Waals surface area contributed by atoms with Gasteiger partial charge in [0.25, 0.3) is 5.88 Å². The number of nitrogens with zero attached hydrogens (tertiary/aromatic N) is 4. The molecule has 0 spiro atoms. The summed E-state index contributed by atoms with van der Waals surface area (Å²) in [5.74, 6) is 0.521. The Morgan fingerprint density at radius 1 is 0.941 bits per heavy atom. The van der Waals surface area contributed by atoms with Crippen molar-refractivity contribution >= 4 is 5.97 Å². The van der Waals surface area contributed by atoms with Gasteiger partial charge in [0.15, 0.2) is 5.82 Å². The number of hydrogen-bond donors (Lipinski definition) is 0. The molecule has 34 heavy (non-hydrogen) atoms. The van der Waals surface area contributed by atoms with Crippen LogP contribution in [0, 0.1) is 11.3 Å². The van der Waals surface area contributed by atoms with Crippen molar-refractivity contribution in [3.05, 3.63) is 95.7 Å². The van der Waals surface area contributed by atoms with Gasteiger partial charge in [-0.1, -0.05) is 42.5 Å². The number of benzene rings is 3. The third-order valence-electron chi connectivity index (χ3n) is 4.66. The molecule has 4 rings (SSSR count). The van der Waals surface area contributed by atoms with Gasteiger partial charge in [-0.25, -0.2) is 4.79 Å². The van der Waals surface area contributed by atoms with E-state index < -0.39 is 5.97 Å². The van der Waals surface area contributed by atoms with Gasteiger partial charge in [0, 0.05) is 5.56 Å². The molecule has 0 atom stereocenters. The summed E-state index contributed by atoms with van der Waals surface area (Å²) < 4.78 is 16.8. The van der Waals surface area contributed by atoms with Crippen molar-refractivity contribution in [3.63, 3.8) is 0 Å². The predicted molar refractivity (Wildman–Crippen MR) is 123 cm³/mol. The van der Waals surface area contributed by atoms with Gasteiger partial charge < -0.3 is 14.2 Å². The maximum absolute atomic E-state index is 12.4. The zero-order valence-electron chi connectivity index (χ0n) is 18.3. The van der Waals surface area contributed by atoms with E-state index in [2.05, 4.69) is 15.2 Å². The Morgan fingerprint density at radius 2 is 1.74 bits per heavy atom. The summed E-state index contributed by atoms with van der Waals surface area (Å²) in [5, 5.41) is 17.1. The maximum Gasteiger partial charge on any atom is 0.364 e. The molecule has 3 aromatic carbocycles. The van der Waals surface area contributed by atoms with Gasteiger partial charge in [-0.05, 0) is 48.9 Å². The molecule has 0 aliphatic carbocycles. The van der Waals surface area contributed by atoms with Gasteiger partial charge in [-0.2, -0.15) is 10.2 Å². The molecular weight excluding hydrogens is 432 g/mol. The molecule has 0 aliphatic rings. The standard InChI is InChI=1S/C26H20N4O4/c1-2-32-26(31)23-25(34-21-13-11-18(16-27)12-14-21)28-24(30-29-23)20-9-6-10-22(15-20)33-17-19-7-4-3-5-8-19/h3-15H,2,17H2,1H3. The molecular formula is C26H20N4O4. The fourth-order valence-corrected chi connectivity index (χ4v) is 3.01. The topological polar surface area (TPSA) is 107 Å². The summed E-state index contributed by atoms with van der Waals surface area (Å²) in [6, 6.07) is 25.5. The van der Waals surface area contributed by atoms with Gasteiger partial charge in [-0.15, -0.1) is 10.2 Å². The quantitative estimate of drug-likeness (QED) is 0.345. The minimum atomic E-state index is -0.697. The highest BCUT2D eigenvalue weighted by molar-refractivity contribution is 5.89. The first kappa shape index (κ1) is 22.4. The smallest absolute Gasteiger partial charge is 0.364 e. The first-order valence-corrected chi connectivity index (χ1v) is 10.5. The molecule has 0 saturated heterocycles. The van der Waals surface area contributed by atoms with E-state index in [4.69, 9.17) is 19.5 Å². The van der Waals surface area contributed by atoms with Gasteiger partial charge in [-0.3, -0.25) is 0 Å². The Hall–Kier alpha value is -4.77. The van der Waals surface area contributed by atoms with Crippen LogP contribution in [0.5, 0.6) is 17.4 Å². The third-order valence-corrected chi connectivity index (χ3v) is 4.66. The molecule has 0 bridgehead atoms. The molecule has 8 heteroatoms. The second kappa shape index (κ2) is 10.7. The SMILES string of the molecule is CCOC(=O)c1nnc(-c2cccc(OCc3ccccc3)c2)nc1Oc1ccc(C#N)cc1. The van der Waals surface area contributed by atoms with E-state index in [9.17, 15) is 4.79 Å². The molecule has 4 aromatic rings. The first-order chi connectivity index (χ1) is 16.7. The van der Waals surface area contributed by atoms with Gasteiger partial charge >= 0.3 is 5.97 Å². The molecule has 1 aromatic heterocycles. The molecule has 0 aliphatic heterocycles. The summed E-state index contributed by atoms with van der Waals surface area (Å²) >= 11 is 0. The highest BCUT2D eigenvalue weighted by Gasteiger charge is 2.21. The lowest BCUT2D eigenvalue weighted by atomic mass is 10.2. The van der Waals surface area contributed by atoms with Crippen LogP contribution in [0.3, 0.4) is 0 Å². The lowest BCUT2D eigenvalue weighted by molar-refractivity contribution is 0.0514. The fourth-order valence-electron chi connectivity index (χ4n) is 3.01. The summed E-state index contributed by atoms with van der Waals surface area (Å²) in [4.78, 5) is 16.8. The predicted octanol–water partition coefficient (Wildman–Crippen LogP) is 4.96. The number of aromatic nitrogens is 3. The van der Waals surface area contributed by atoms with E-state index in [0.717, 1.165) is 5.56 Å². The Kier molecular flexibility index (Phi) is 7.06. The normalized spacial score (nSPS) is 10.2. The molecule has 0 N–H and O–H groups in total. The van der Waals surface area contributed by atoms with Crippen molar-refractivity contribution in [1.82, 2.24) is 15.2 Å². The second-order valence-electron chi connectivity index (χ2n) is 7.05. The Labute approximate surface area is 196 Å². The van der Waals surface area contributed by atoms with Crippen LogP contribution < -0.4 is 9.47 Å². The molecule has 8 nitrogen and oxygen atoms in total. The Morgan fingerprint density at radius 3 is 2.47 bits per heavy atom. The number of carbonyl (C=O) groups excluding carboxylic acids is 1. The number of hydrogen-bond acceptors (Lipinski definition) is 8. The van der Waals surface area contributed by atoms with Crippen molar-refractivity contribution < 1.29 is 19.0 Å². The average molecular weight is 452 g/mol. The summed E-state index contributed by atoms with van der Waals surface area (Å²) in [6.07, 6.45) is 0. The molecule has 0 fully saturated rings. The highest BCUT2D eigenvalue weighted by atomic mass is 16.5. The van der Waals surface area contributed by atoms with Gasteiger partial charge in [0.1, 0.15) is 18.1 Å². The number of carbonyl (C=O) groups is 1. The Balaban J connectivity index is 1.62. The largest absolute Gasteiger partial charge is 0.489 e. The molecule has 0 amide bonds. The fraction of sp³-hybridized carbons (Fsp3) is 0.115. The second-order valence-corrected chi connectivity index (χ2v) is 7.05. The summed E-state index contributed by atoms with van der Waals surface area (Å²) in [5.41, 5.74) is 2.01. The van der Waals surface area contributed by atoms with E-state index in [1.54, 1.807) is 37.3 Å². The van der Waals surface area contributed by atoms with Crippen LogP contribution >= 0.6 is 0 Å². The minimum absolute atomic E-state index is 0.0521. The number of ether oxygens (including phenoxy) is 3. The number of rotatable bonds is 8. The van der Waals surface area contributed by atoms with E-state index in [0.29, 0.717) is 29.2 Å². The third kappa shape index (κ3) is 5.53. The van der Waals surface area contributed by atoms with Crippen LogP contribution in [-0.4, -0.2) is 27.8 Å². The van der Waals surface area contributed by atoms with Crippen LogP contribution in [0.25, 0.3) is 11.4 Å². The minimum Gasteiger partial charge on any atom is -0.489 e. The first-order valence-electron chi connectivity index (χ1n) is 10.5. The monoisotopic (exact) mass is 452 g/mol. The summed E-state index contributed by atoms with van der Waals surface area (Å²) in [7, 11) is 0. The molecule has 1 heterocycles. The van der Waals surface area contributed by atoms with E-state index in [-0.39, 0.29) is 24.0 Å². The van der Waals surface area contributed by atoms with Crippen LogP contribution in [0.15, 0.2) is 78.9 Å². The van der Waals surface area contributed by atoms with Crippen molar-refractivity contribution in [2.45, 2.75) is 13.5 Å². The molecule has 168 valence electrons. The van der Waals surface area contributed by atoms with Crippen molar-refractivity contribution in [2.75, 3.05) is 6.61 Å². The average Bonchev–Trinajstić information content (AvgIpc) is 2.89. The van der Waals surface area contributed by atoms with Crippen molar-refractivity contribution in [3.8, 4) is 34.8 Å². The van der Waals surface area contributed by atoms with Crippen LogP contribution in [0.1, 0.15) is 28.5 Å². The lowest BCUT2D eigenvalue weighted by Gasteiger charge is -2.11. The van der Waals surface area contributed by atoms with Crippen LogP contribution in [0.4, 0.5) is 0 Å². The maximum atomic E-state index is 12.4. The molecule has 0 radical (unpaired) electrons. The van der Waals surface area contributed by atoms with Crippen molar-refractivity contribution in [1.29, 1.82) is 5.26 Å². The van der Waals surface area contributed by atoms with E-state index in [1.165, 1.54) is 0 Å². The van der Waals surface area contributed by atoms with Gasteiger partial charge in [0.2, 0.25) is 5.69 Å². The number of nitriles is 1. The van der Waals surface area contributed by atoms with Crippen molar-refractivity contribution in [2.24, 2.45) is 0 Å². The van der Waals surface area contributed by atoms with Gasteiger partial charge in [0.05, 0.1) is 18.2 Å².